The van der Waals surface area contributed by atoms with Crippen molar-refractivity contribution in [3.05, 3.63) is 70.3 Å². The zero-order chi connectivity index (χ0) is 21.1. The van der Waals surface area contributed by atoms with Crippen molar-refractivity contribution in [2.75, 3.05) is 20.2 Å². The number of halogens is 1. The van der Waals surface area contributed by atoms with Gasteiger partial charge in [-0.05, 0) is 49.6 Å². The van der Waals surface area contributed by atoms with Gasteiger partial charge < -0.3 is 9.64 Å². The van der Waals surface area contributed by atoms with Crippen LogP contribution < -0.4 is 4.74 Å². The third kappa shape index (κ3) is 4.24. The molecule has 0 radical (unpaired) electrons. The number of rotatable bonds is 5. The molecule has 6 heteroatoms. The Morgan fingerprint density at radius 1 is 1.23 bits per heavy atom. The number of para-hydroxylation sites is 1. The number of piperidine rings is 1. The molecule has 2 heterocycles. The average molecular weight is 425 g/mol. The molecule has 4 rings (SSSR count). The van der Waals surface area contributed by atoms with Gasteiger partial charge in [-0.3, -0.25) is 4.79 Å². The molecule has 4 nitrogen and oxygen atoms in total. The molecule has 0 aliphatic carbocycles. The maximum Gasteiger partial charge on any atom is 0.229 e. The summed E-state index contributed by atoms with van der Waals surface area (Å²) in [5.74, 6) is 0.558. The monoisotopic (exact) mass is 424 g/mol. The molecule has 1 saturated heterocycles. The van der Waals surface area contributed by atoms with Crippen LogP contribution in [0.1, 0.15) is 42.2 Å². The van der Waals surface area contributed by atoms with Crippen LogP contribution in [0.5, 0.6) is 5.75 Å². The van der Waals surface area contributed by atoms with E-state index in [1.54, 1.807) is 30.6 Å². The van der Waals surface area contributed by atoms with Crippen LogP contribution in [0.4, 0.5) is 4.39 Å². The number of hydrogen-bond donors (Lipinski definition) is 0. The minimum atomic E-state index is -0.287. The molecule has 1 fully saturated rings. The number of ether oxygens (including phenoxy) is 1. The highest BCUT2D eigenvalue weighted by atomic mass is 32.1. The maximum absolute atomic E-state index is 13.2. The van der Waals surface area contributed by atoms with Crippen LogP contribution in [0.25, 0.3) is 11.3 Å². The highest BCUT2D eigenvalue weighted by molar-refractivity contribution is 7.10. The fourth-order valence-corrected chi connectivity index (χ4v) is 4.95. The van der Waals surface area contributed by atoms with Gasteiger partial charge in [0.1, 0.15) is 11.6 Å². The van der Waals surface area contributed by atoms with E-state index in [4.69, 9.17) is 9.72 Å². The summed E-state index contributed by atoms with van der Waals surface area (Å²) in [4.78, 5) is 19.9. The number of hydrogen-bond acceptors (Lipinski definition) is 4. The summed E-state index contributed by atoms with van der Waals surface area (Å²) in [5.41, 5.74) is 2.74. The van der Waals surface area contributed by atoms with Crippen LogP contribution >= 0.6 is 11.3 Å². The Morgan fingerprint density at radius 2 is 2.00 bits per heavy atom. The average Bonchev–Trinajstić information content (AvgIpc) is 3.29. The molecule has 30 heavy (non-hydrogen) atoms. The lowest BCUT2D eigenvalue weighted by Gasteiger charge is -2.33. The Hall–Kier alpha value is -2.73. The van der Waals surface area contributed by atoms with Gasteiger partial charge in [-0.25, -0.2) is 9.37 Å². The van der Waals surface area contributed by atoms with E-state index in [-0.39, 0.29) is 23.6 Å². The van der Waals surface area contributed by atoms with Crippen LogP contribution in [-0.4, -0.2) is 36.0 Å². The van der Waals surface area contributed by atoms with E-state index < -0.39 is 0 Å². The van der Waals surface area contributed by atoms with Gasteiger partial charge in [0.15, 0.2) is 0 Å². The van der Waals surface area contributed by atoms with E-state index in [1.165, 1.54) is 12.1 Å². The van der Waals surface area contributed by atoms with Gasteiger partial charge in [-0.15, -0.1) is 11.3 Å². The van der Waals surface area contributed by atoms with Crippen LogP contribution in [0.3, 0.4) is 0 Å². The topological polar surface area (TPSA) is 42.4 Å². The SMILES string of the molecule is COc1ccccc1-c1csc([C@@H]2CCCN(C(=O)C(C)c3ccc(F)cc3)C2)n1. The first-order valence-corrected chi connectivity index (χ1v) is 11.1. The quantitative estimate of drug-likeness (QED) is 0.546. The lowest BCUT2D eigenvalue weighted by atomic mass is 9.95. The molecule has 0 saturated carbocycles. The molecular formula is C24H25FN2O2S. The smallest absolute Gasteiger partial charge is 0.229 e. The summed E-state index contributed by atoms with van der Waals surface area (Å²) in [6, 6.07) is 14.1. The van der Waals surface area contributed by atoms with Gasteiger partial charge in [0, 0.05) is 30.0 Å². The molecule has 1 aliphatic heterocycles. The fraction of sp³-hybridized carbons (Fsp3) is 0.333. The van der Waals surface area contributed by atoms with Crippen LogP contribution in [0, 0.1) is 5.82 Å². The molecule has 0 N–H and O–H groups in total. The number of amides is 1. The number of likely N-dealkylation sites (tertiary alicyclic amines) is 1. The molecule has 3 aromatic rings. The second kappa shape index (κ2) is 8.96. The Morgan fingerprint density at radius 3 is 2.77 bits per heavy atom. The van der Waals surface area contributed by atoms with Crippen LogP contribution in [0.15, 0.2) is 53.9 Å². The van der Waals surface area contributed by atoms with Crippen LogP contribution in [0.2, 0.25) is 0 Å². The molecular weight excluding hydrogens is 399 g/mol. The predicted molar refractivity (Wildman–Crippen MR) is 117 cm³/mol. The summed E-state index contributed by atoms with van der Waals surface area (Å²) in [7, 11) is 1.67. The normalized spacial score (nSPS) is 17.6. The number of thiazole rings is 1. The predicted octanol–water partition coefficient (Wildman–Crippen LogP) is 5.47. The number of nitrogens with zero attached hydrogens (tertiary/aromatic N) is 2. The first kappa shape index (κ1) is 20.5. The lowest BCUT2D eigenvalue weighted by Crippen LogP contribution is -2.41. The van der Waals surface area contributed by atoms with Gasteiger partial charge in [0.25, 0.3) is 0 Å². The molecule has 2 atom stereocenters. The number of methoxy groups -OCH3 is 1. The van der Waals surface area contributed by atoms with Crippen molar-refractivity contribution in [1.82, 2.24) is 9.88 Å². The van der Waals surface area contributed by atoms with E-state index >= 15 is 0 Å². The Bertz CT molecular complexity index is 1020. The maximum atomic E-state index is 13.2. The van der Waals surface area contributed by atoms with Gasteiger partial charge in [0.2, 0.25) is 5.91 Å². The Balaban J connectivity index is 1.48. The molecule has 156 valence electrons. The van der Waals surface area contributed by atoms with Gasteiger partial charge in [0.05, 0.1) is 23.7 Å². The largest absolute Gasteiger partial charge is 0.496 e. The van der Waals surface area contributed by atoms with Gasteiger partial charge in [-0.2, -0.15) is 0 Å². The first-order chi connectivity index (χ1) is 14.6. The lowest BCUT2D eigenvalue weighted by molar-refractivity contribution is -0.133. The van der Waals surface area contributed by atoms with E-state index in [9.17, 15) is 9.18 Å². The zero-order valence-corrected chi connectivity index (χ0v) is 18.0. The van der Waals surface area contributed by atoms with Crippen molar-refractivity contribution in [2.45, 2.75) is 31.6 Å². The van der Waals surface area contributed by atoms with Gasteiger partial charge >= 0.3 is 0 Å². The van der Waals surface area contributed by atoms with E-state index in [2.05, 4.69) is 5.38 Å². The van der Waals surface area contributed by atoms with E-state index in [0.717, 1.165) is 47.0 Å². The van der Waals surface area contributed by atoms with Crippen molar-refractivity contribution in [3.8, 4) is 17.0 Å². The Kier molecular flexibility index (Phi) is 6.13. The standard InChI is InChI=1S/C24H25FN2O2S/c1-16(17-9-11-19(25)12-10-17)24(28)27-13-5-6-18(14-27)23-26-21(15-30-23)20-7-3-4-8-22(20)29-2/h3-4,7-12,15-16,18H,5-6,13-14H2,1-2H3/t16?,18-/m1/s1. The molecule has 1 aliphatic rings. The highest BCUT2D eigenvalue weighted by Gasteiger charge is 2.29. The molecule has 1 amide bonds. The molecule has 1 aromatic heterocycles. The molecule has 2 aromatic carbocycles. The van der Waals surface area contributed by atoms with Gasteiger partial charge in [-0.1, -0.05) is 24.3 Å². The number of carbonyl (C=O) groups is 1. The van der Waals surface area contributed by atoms with E-state index in [0.29, 0.717) is 6.54 Å². The third-order valence-corrected chi connectivity index (χ3v) is 6.73. The first-order valence-electron chi connectivity index (χ1n) is 10.2. The van der Waals surface area contributed by atoms with Crippen molar-refractivity contribution >= 4 is 17.2 Å². The van der Waals surface area contributed by atoms with Crippen molar-refractivity contribution < 1.29 is 13.9 Å². The third-order valence-electron chi connectivity index (χ3n) is 5.73. The minimum Gasteiger partial charge on any atom is -0.496 e. The zero-order valence-electron chi connectivity index (χ0n) is 17.2. The number of benzene rings is 2. The summed E-state index contributed by atoms with van der Waals surface area (Å²) in [6.45, 7) is 3.32. The summed E-state index contributed by atoms with van der Waals surface area (Å²) >= 11 is 1.64. The Labute approximate surface area is 180 Å². The number of aromatic nitrogens is 1. The summed E-state index contributed by atoms with van der Waals surface area (Å²) in [5, 5.41) is 3.12. The second-order valence-electron chi connectivity index (χ2n) is 7.67. The number of carbonyl (C=O) groups excluding carboxylic acids is 1. The molecule has 0 spiro atoms. The second-order valence-corrected chi connectivity index (χ2v) is 8.56. The van der Waals surface area contributed by atoms with Crippen molar-refractivity contribution in [2.24, 2.45) is 0 Å². The van der Waals surface area contributed by atoms with Crippen LogP contribution in [-0.2, 0) is 4.79 Å². The summed E-state index contributed by atoms with van der Waals surface area (Å²) in [6.07, 6.45) is 1.98. The van der Waals surface area contributed by atoms with Crippen molar-refractivity contribution in [1.29, 1.82) is 0 Å². The molecule has 0 bridgehead atoms. The molecule has 1 unspecified atom stereocenters. The fourth-order valence-electron chi connectivity index (χ4n) is 4.00. The van der Waals surface area contributed by atoms with E-state index in [1.807, 2.05) is 36.1 Å². The summed E-state index contributed by atoms with van der Waals surface area (Å²) < 4.78 is 18.7. The highest BCUT2D eigenvalue weighted by Crippen LogP contribution is 2.35. The minimum absolute atomic E-state index is 0.0906. The van der Waals surface area contributed by atoms with Crippen molar-refractivity contribution in [3.63, 3.8) is 0 Å².